The van der Waals surface area contributed by atoms with E-state index in [0.29, 0.717) is 44.8 Å². The summed E-state index contributed by atoms with van der Waals surface area (Å²) < 4.78 is 16.2. The van der Waals surface area contributed by atoms with Gasteiger partial charge in [0.1, 0.15) is 18.0 Å². The molecule has 0 amide bonds. The minimum atomic E-state index is -0.625. The fourth-order valence-electron chi connectivity index (χ4n) is 3.99. The van der Waals surface area contributed by atoms with Gasteiger partial charge >= 0.3 is 11.9 Å². The van der Waals surface area contributed by atoms with Crippen LogP contribution in [0.4, 0.5) is 0 Å². The first-order chi connectivity index (χ1) is 16.8. The quantitative estimate of drug-likeness (QED) is 0.280. The van der Waals surface area contributed by atoms with Crippen LogP contribution in [-0.4, -0.2) is 30.6 Å². The third-order valence-corrected chi connectivity index (χ3v) is 5.58. The number of rotatable bonds is 6. The summed E-state index contributed by atoms with van der Waals surface area (Å²) in [7, 11) is 1.27. The van der Waals surface area contributed by atoms with Gasteiger partial charge in [-0.05, 0) is 31.5 Å². The molecule has 7 nitrogen and oxygen atoms in total. The molecule has 0 bridgehead atoms. The van der Waals surface area contributed by atoms with Gasteiger partial charge in [0.2, 0.25) is 0 Å². The van der Waals surface area contributed by atoms with Crippen LogP contribution >= 0.6 is 0 Å². The summed E-state index contributed by atoms with van der Waals surface area (Å²) in [6.07, 6.45) is 1.46. The van der Waals surface area contributed by atoms with E-state index in [0.717, 1.165) is 0 Å². The number of hydrogen-bond acceptors (Lipinski definition) is 7. The van der Waals surface area contributed by atoms with E-state index in [9.17, 15) is 14.4 Å². The van der Waals surface area contributed by atoms with Crippen LogP contribution in [0.3, 0.4) is 0 Å². The number of aryl methyl sites for hydroxylation is 2. The maximum absolute atomic E-state index is 12.9. The first-order valence-corrected chi connectivity index (χ1v) is 10.9. The lowest BCUT2D eigenvalue weighted by Gasteiger charge is -2.17. The molecule has 0 atom stereocenters. The van der Waals surface area contributed by atoms with Gasteiger partial charge in [-0.1, -0.05) is 49.1 Å². The molecule has 2 aromatic carbocycles. The van der Waals surface area contributed by atoms with E-state index >= 15 is 0 Å². The smallest absolute Gasteiger partial charge is 0.340 e. The second-order valence-corrected chi connectivity index (χ2v) is 7.83. The highest BCUT2D eigenvalue weighted by Crippen LogP contribution is 2.34. The fourth-order valence-corrected chi connectivity index (χ4v) is 3.99. The van der Waals surface area contributed by atoms with E-state index in [4.69, 9.17) is 13.9 Å². The Morgan fingerprint density at radius 2 is 1.60 bits per heavy atom. The van der Waals surface area contributed by atoms with E-state index in [1.807, 2.05) is 0 Å². The first-order valence-electron chi connectivity index (χ1n) is 10.9. The standard InChI is InChI=1S/C28H23NO6/c1-5-14-34-28(32)25-17(3)29-16(2)24(27(31)33-4)26(25)19-12-10-18(11-13-19)23-15-21(30)20-8-6-7-9-22(20)35-23/h5-13,15H,1,14H2,2-4H3. The number of aromatic nitrogens is 1. The summed E-state index contributed by atoms with van der Waals surface area (Å²) >= 11 is 0. The van der Waals surface area contributed by atoms with Crippen molar-refractivity contribution in [3.05, 3.63) is 100.0 Å². The lowest BCUT2D eigenvalue weighted by molar-refractivity contribution is 0.0549. The Labute approximate surface area is 201 Å². The Bertz CT molecular complexity index is 1520. The zero-order chi connectivity index (χ0) is 25.1. The Hall–Kier alpha value is -4.52. The first kappa shape index (κ1) is 23.6. The Morgan fingerprint density at radius 1 is 0.971 bits per heavy atom. The van der Waals surface area contributed by atoms with Crippen molar-refractivity contribution < 1.29 is 23.5 Å². The summed E-state index contributed by atoms with van der Waals surface area (Å²) in [4.78, 5) is 42.5. The number of ether oxygens (including phenoxy) is 2. The summed E-state index contributed by atoms with van der Waals surface area (Å²) in [6, 6.07) is 15.5. The number of carbonyl (C=O) groups excluding carboxylic acids is 2. The molecule has 4 rings (SSSR count). The zero-order valence-electron chi connectivity index (χ0n) is 19.6. The molecule has 2 heterocycles. The molecule has 0 saturated heterocycles. The molecular formula is C28H23NO6. The number of carbonyl (C=O) groups is 2. The highest BCUT2D eigenvalue weighted by molar-refractivity contribution is 6.07. The van der Waals surface area contributed by atoms with E-state index in [-0.39, 0.29) is 23.2 Å². The van der Waals surface area contributed by atoms with Crippen LogP contribution in [0.1, 0.15) is 32.1 Å². The minimum absolute atomic E-state index is 0.0130. The zero-order valence-corrected chi connectivity index (χ0v) is 19.6. The normalized spacial score (nSPS) is 10.7. The van der Waals surface area contributed by atoms with Gasteiger partial charge < -0.3 is 13.9 Å². The minimum Gasteiger partial charge on any atom is -0.465 e. The summed E-state index contributed by atoms with van der Waals surface area (Å²) in [5.74, 6) is -0.840. The maximum Gasteiger partial charge on any atom is 0.340 e. The summed E-state index contributed by atoms with van der Waals surface area (Å²) in [5.41, 5.74) is 3.13. The molecule has 35 heavy (non-hydrogen) atoms. The van der Waals surface area contributed by atoms with Crippen molar-refractivity contribution in [2.75, 3.05) is 13.7 Å². The lowest BCUT2D eigenvalue weighted by atomic mass is 9.91. The molecule has 0 aliphatic rings. The van der Waals surface area contributed by atoms with E-state index in [2.05, 4.69) is 11.6 Å². The Balaban J connectivity index is 1.88. The summed E-state index contributed by atoms with van der Waals surface area (Å²) in [5, 5.41) is 0.501. The molecular weight excluding hydrogens is 446 g/mol. The van der Waals surface area contributed by atoms with Crippen molar-refractivity contribution in [3.8, 4) is 22.5 Å². The largest absolute Gasteiger partial charge is 0.465 e. The predicted molar refractivity (Wildman–Crippen MR) is 132 cm³/mol. The van der Waals surface area contributed by atoms with Crippen molar-refractivity contribution in [2.45, 2.75) is 13.8 Å². The van der Waals surface area contributed by atoms with E-state index < -0.39 is 11.9 Å². The highest BCUT2D eigenvalue weighted by atomic mass is 16.5. The molecule has 176 valence electrons. The van der Waals surface area contributed by atoms with Gasteiger partial charge in [0.15, 0.2) is 5.43 Å². The number of nitrogens with zero attached hydrogens (tertiary/aromatic N) is 1. The molecule has 0 spiro atoms. The van der Waals surface area contributed by atoms with Crippen LogP contribution in [0.2, 0.25) is 0 Å². The Morgan fingerprint density at radius 3 is 2.26 bits per heavy atom. The molecule has 0 saturated carbocycles. The third kappa shape index (κ3) is 4.48. The number of hydrogen-bond donors (Lipinski definition) is 0. The van der Waals surface area contributed by atoms with Crippen LogP contribution in [0.15, 0.2) is 76.5 Å². The average Bonchev–Trinajstić information content (AvgIpc) is 2.86. The molecule has 0 aliphatic heterocycles. The molecule has 0 N–H and O–H groups in total. The number of pyridine rings is 1. The molecule has 7 heteroatoms. The maximum atomic E-state index is 12.9. The van der Waals surface area contributed by atoms with Gasteiger partial charge in [-0.3, -0.25) is 9.78 Å². The number of methoxy groups -OCH3 is 1. The van der Waals surface area contributed by atoms with E-state index in [1.165, 1.54) is 19.3 Å². The predicted octanol–water partition coefficient (Wildman–Crippen LogP) is 5.27. The van der Waals surface area contributed by atoms with Crippen LogP contribution in [0.5, 0.6) is 0 Å². The van der Waals surface area contributed by atoms with Gasteiger partial charge in [0.05, 0.1) is 35.0 Å². The SMILES string of the molecule is C=CCOC(=O)c1c(C)nc(C)c(C(=O)OC)c1-c1ccc(-c2cc(=O)c3ccccc3o2)cc1. The van der Waals surface area contributed by atoms with Crippen molar-refractivity contribution in [1.29, 1.82) is 0 Å². The molecule has 0 unspecified atom stereocenters. The lowest BCUT2D eigenvalue weighted by Crippen LogP contribution is -2.17. The highest BCUT2D eigenvalue weighted by Gasteiger charge is 2.27. The van der Waals surface area contributed by atoms with Gasteiger partial charge in [0, 0.05) is 17.2 Å². The fraction of sp³-hybridized carbons (Fsp3) is 0.143. The van der Waals surface area contributed by atoms with Crippen LogP contribution in [-0.2, 0) is 9.47 Å². The second-order valence-electron chi connectivity index (χ2n) is 7.83. The van der Waals surface area contributed by atoms with Gasteiger partial charge in [0.25, 0.3) is 0 Å². The van der Waals surface area contributed by atoms with Crippen molar-refractivity contribution in [2.24, 2.45) is 0 Å². The molecule has 0 fully saturated rings. The number of fused-ring (bicyclic) bond motifs is 1. The van der Waals surface area contributed by atoms with Gasteiger partial charge in [-0.2, -0.15) is 0 Å². The van der Waals surface area contributed by atoms with Gasteiger partial charge in [-0.25, -0.2) is 9.59 Å². The van der Waals surface area contributed by atoms with E-state index in [1.54, 1.807) is 62.4 Å². The third-order valence-electron chi connectivity index (χ3n) is 5.58. The van der Waals surface area contributed by atoms with Crippen LogP contribution in [0, 0.1) is 13.8 Å². The van der Waals surface area contributed by atoms with Crippen LogP contribution in [0.25, 0.3) is 33.4 Å². The van der Waals surface area contributed by atoms with Gasteiger partial charge in [-0.15, -0.1) is 0 Å². The molecule has 4 aromatic rings. The van der Waals surface area contributed by atoms with Crippen molar-refractivity contribution in [3.63, 3.8) is 0 Å². The summed E-state index contributed by atoms with van der Waals surface area (Å²) in [6.45, 7) is 6.94. The average molecular weight is 469 g/mol. The number of esters is 2. The second kappa shape index (κ2) is 9.77. The monoisotopic (exact) mass is 469 g/mol. The number of benzene rings is 2. The van der Waals surface area contributed by atoms with Crippen molar-refractivity contribution >= 4 is 22.9 Å². The molecule has 2 aromatic heterocycles. The topological polar surface area (TPSA) is 95.7 Å². The van der Waals surface area contributed by atoms with Crippen LogP contribution < -0.4 is 5.43 Å². The number of para-hydroxylation sites is 1. The molecule has 0 radical (unpaired) electrons. The van der Waals surface area contributed by atoms with Crippen molar-refractivity contribution in [1.82, 2.24) is 4.98 Å². The molecule has 0 aliphatic carbocycles. The Kier molecular flexibility index (Phi) is 6.59.